The topological polar surface area (TPSA) is 90.9 Å². The van der Waals surface area contributed by atoms with E-state index in [2.05, 4.69) is 10.5 Å². The van der Waals surface area contributed by atoms with Crippen LogP contribution in [0.15, 0.2) is 5.16 Å². The fourth-order valence-electron chi connectivity index (χ4n) is 0.943. The van der Waals surface area contributed by atoms with Crippen LogP contribution in [-0.4, -0.2) is 34.3 Å². The number of nitrogens with zero attached hydrogens (tertiary/aromatic N) is 1. The van der Waals surface area contributed by atoms with Gasteiger partial charge in [-0.3, -0.25) is 5.32 Å². The summed E-state index contributed by atoms with van der Waals surface area (Å²) in [5.41, 5.74) is 5.01. The molecule has 0 amide bonds. The van der Waals surface area contributed by atoms with E-state index in [1.807, 2.05) is 13.8 Å². The van der Waals surface area contributed by atoms with Gasteiger partial charge in [0.2, 0.25) is 0 Å². The number of aliphatic hydroxyl groups is 1. The second-order valence-corrected chi connectivity index (χ2v) is 3.46. The Balaban J connectivity index is 4.25. The van der Waals surface area contributed by atoms with Crippen LogP contribution >= 0.6 is 0 Å². The van der Waals surface area contributed by atoms with Crippen LogP contribution in [0.3, 0.4) is 0 Å². The van der Waals surface area contributed by atoms with E-state index in [0.29, 0.717) is 0 Å². The fourth-order valence-corrected chi connectivity index (χ4v) is 0.943. The zero-order chi connectivity index (χ0) is 10.5. The zero-order valence-corrected chi connectivity index (χ0v) is 8.41. The van der Waals surface area contributed by atoms with Crippen molar-refractivity contribution in [2.45, 2.75) is 38.8 Å². The van der Waals surface area contributed by atoms with Crippen LogP contribution in [-0.2, 0) is 0 Å². The molecule has 0 fully saturated rings. The summed E-state index contributed by atoms with van der Waals surface area (Å²) in [4.78, 5) is 0. The molecule has 5 N–H and O–H groups in total. The summed E-state index contributed by atoms with van der Waals surface area (Å²) in [6.45, 7) is 5.64. The van der Waals surface area contributed by atoms with Crippen LogP contribution in [0.2, 0.25) is 0 Å². The van der Waals surface area contributed by atoms with Crippen LogP contribution in [0.1, 0.15) is 27.2 Å². The van der Waals surface area contributed by atoms with Crippen molar-refractivity contribution in [2.75, 3.05) is 6.61 Å². The number of amidine groups is 1. The van der Waals surface area contributed by atoms with Crippen molar-refractivity contribution < 1.29 is 10.3 Å². The highest BCUT2D eigenvalue weighted by molar-refractivity contribution is 5.84. The molecule has 0 bridgehead atoms. The van der Waals surface area contributed by atoms with Crippen molar-refractivity contribution in [1.82, 2.24) is 5.32 Å². The van der Waals surface area contributed by atoms with Gasteiger partial charge >= 0.3 is 0 Å². The molecule has 0 aromatic rings. The van der Waals surface area contributed by atoms with E-state index in [9.17, 15) is 0 Å². The third kappa shape index (κ3) is 3.61. The first kappa shape index (κ1) is 12.2. The molecule has 5 heteroatoms. The Labute approximate surface area is 78.6 Å². The molecule has 0 aliphatic carbocycles. The molecule has 0 heterocycles. The van der Waals surface area contributed by atoms with Crippen molar-refractivity contribution in [1.29, 1.82) is 0 Å². The Morgan fingerprint density at radius 2 is 2.23 bits per heavy atom. The Hall–Kier alpha value is -0.810. The zero-order valence-electron chi connectivity index (χ0n) is 8.41. The number of nitrogens with two attached hydrogens (primary N) is 1. The highest BCUT2D eigenvalue weighted by Crippen LogP contribution is 2.08. The Bertz CT molecular complexity index is 178. The van der Waals surface area contributed by atoms with Crippen LogP contribution in [0, 0.1) is 0 Å². The first-order valence-electron chi connectivity index (χ1n) is 4.35. The van der Waals surface area contributed by atoms with Crippen molar-refractivity contribution >= 4 is 5.84 Å². The molecule has 0 aliphatic rings. The largest absolute Gasteiger partial charge is 0.409 e. The summed E-state index contributed by atoms with van der Waals surface area (Å²) in [6, 6.07) is -0.248. The third-order valence-corrected chi connectivity index (χ3v) is 2.25. The van der Waals surface area contributed by atoms with E-state index < -0.39 is 0 Å². The maximum absolute atomic E-state index is 9.08. The number of rotatable bonds is 5. The van der Waals surface area contributed by atoms with Gasteiger partial charge in [0.1, 0.15) is 0 Å². The molecule has 0 aromatic carbocycles. The summed E-state index contributed by atoms with van der Waals surface area (Å²) in [5.74, 6) is 0.119. The van der Waals surface area contributed by atoms with Gasteiger partial charge in [0.15, 0.2) is 5.84 Å². The van der Waals surface area contributed by atoms with Gasteiger partial charge < -0.3 is 16.0 Å². The van der Waals surface area contributed by atoms with Gasteiger partial charge in [0, 0.05) is 5.54 Å². The molecule has 13 heavy (non-hydrogen) atoms. The molecule has 0 spiro atoms. The minimum absolute atomic E-state index is 0.0204. The lowest BCUT2D eigenvalue weighted by atomic mass is 9.99. The van der Waals surface area contributed by atoms with E-state index in [1.54, 1.807) is 6.92 Å². The van der Waals surface area contributed by atoms with Crippen molar-refractivity contribution in [2.24, 2.45) is 10.9 Å². The smallest absolute Gasteiger partial charge is 0.156 e. The van der Waals surface area contributed by atoms with Crippen LogP contribution in [0.25, 0.3) is 0 Å². The molecular weight excluding hydrogens is 170 g/mol. The van der Waals surface area contributed by atoms with Gasteiger partial charge in [-0.2, -0.15) is 0 Å². The number of hydrogen-bond donors (Lipinski definition) is 4. The van der Waals surface area contributed by atoms with Crippen LogP contribution in [0.4, 0.5) is 0 Å². The predicted molar refractivity (Wildman–Crippen MR) is 51.8 cm³/mol. The lowest BCUT2D eigenvalue weighted by Crippen LogP contribution is -2.53. The minimum atomic E-state index is -0.380. The second-order valence-electron chi connectivity index (χ2n) is 3.46. The van der Waals surface area contributed by atoms with Crippen molar-refractivity contribution in [3.63, 3.8) is 0 Å². The molecule has 0 aromatic heterocycles. The molecule has 2 atom stereocenters. The first-order chi connectivity index (χ1) is 5.99. The molecule has 0 saturated heterocycles. The molecule has 78 valence electrons. The molecule has 0 radical (unpaired) electrons. The van der Waals surface area contributed by atoms with Gasteiger partial charge in [-0.1, -0.05) is 12.1 Å². The first-order valence-corrected chi connectivity index (χ1v) is 4.35. The highest BCUT2D eigenvalue weighted by atomic mass is 16.4. The van der Waals surface area contributed by atoms with Crippen LogP contribution < -0.4 is 11.1 Å². The quantitative estimate of drug-likeness (QED) is 0.210. The lowest BCUT2D eigenvalue weighted by Gasteiger charge is -2.30. The summed E-state index contributed by atoms with van der Waals surface area (Å²) in [7, 11) is 0. The van der Waals surface area contributed by atoms with Crippen molar-refractivity contribution in [3.05, 3.63) is 0 Å². The molecule has 0 saturated carbocycles. The predicted octanol–water partition coefficient (Wildman–Crippen LogP) is -0.128. The average Bonchev–Trinajstić information content (AvgIpc) is 2.16. The fraction of sp³-hybridized carbons (Fsp3) is 0.875. The van der Waals surface area contributed by atoms with Gasteiger partial charge in [-0.15, -0.1) is 0 Å². The Morgan fingerprint density at radius 1 is 1.69 bits per heavy atom. The number of aliphatic hydroxyl groups excluding tert-OH is 1. The monoisotopic (exact) mass is 189 g/mol. The van der Waals surface area contributed by atoms with E-state index in [1.165, 1.54) is 0 Å². The van der Waals surface area contributed by atoms with Crippen molar-refractivity contribution in [3.8, 4) is 0 Å². The molecule has 0 rings (SSSR count). The summed E-state index contributed by atoms with van der Waals surface area (Å²) in [5, 5.41) is 23.5. The average molecular weight is 189 g/mol. The molecule has 2 unspecified atom stereocenters. The van der Waals surface area contributed by atoms with Gasteiger partial charge in [-0.25, -0.2) is 0 Å². The number of hydrogen-bond acceptors (Lipinski definition) is 4. The van der Waals surface area contributed by atoms with Gasteiger partial charge in [-0.05, 0) is 20.3 Å². The summed E-state index contributed by atoms with van der Waals surface area (Å²) >= 11 is 0. The normalized spacial score (nSPS) is 19.5. The SMILES string of the molecule is CCC(C)(CO)NC(C)C(N)=NO. The second kappa shape index (κ2) is 5.04. The minimum Gasteiger partial charge on any atom is -0.409 e. The number of nitrogens with one attached hydrogen (secondary N) is 1. The molecule has 5 nitrogen and oxygen atoms in total. The number of oxime groups is 1. The Kier molecular flexibility index (Phi) is 4.72. The molecular formula is C8H19N3O2. The summed E-state index contributed by atoms with van der Waals surface area (Å²) < 4.78 is 0. The highest BCUT2D eigenvalue weighted by Gasteiger charge is 2.24. The maximum atomic E-state index is 9.08. The standard InChI is InChI=1S/C8H19N3O2/c1-4-8(3,5-12)10-6(2)7(9)11-13/h6,10,12-13H,4-5H2,1-3H3,(H2,9,11). The van der Waals surface area contributed by atoms with E-state index in [-0.39, 0.29) is 24.0 Å². The van der Waals surface area contributed by atoms with Crippen LogP contribution in [0.5, 0.6) is 0 Å². The molecule has 0 aliphatic heterocycles. The maximum Gasteiger partial charge on any atom is 0.156 e. The Morgan fingerprint density at radius 3 is 2.54 bits per heavy atom. The van der Waals surface area contributed by atoms with E-state index in [0.717, 1.165) is 6.42 Å². The van der Waals surface area contributed by atoms with E-state index in [4.69, 9.17) is 16.0 Å². The van der Waals surface area contributed by atoms with E-state index >= 15 is 0 Å². The lowest BCUT2D eigenvalue weighted by molar-refractivity contribution is 0.166. The van der Waals surface area contributed by atoms with Gasteiger partial charge in [0.25, 0.3) is 0 Å². The summed E-state index contributed by atoms with van der Waals surface area (Å²) in [6.07, 6.45) is 0.770. The third-order valence-electron chi connectivity index (χ3n) is 2.25. The van der Waals surface area contributed by atoms with Gasteiger partial charge in [0.05, 0.1) is 12.6 Å².